The molecule has 0 aliphatic heterocycles. The molecule has 2 rings (SSSR count). The Hall–Kier alpha value is -2.56. The average molecular weight is 256 g/mol. The van der Waals surface area contributed by atoms with E-state index >= 15 is 0 Å². The van der Waals surface area contributed by atoms with Gasteiger partial charge in [0, 0.05) is 7.05 Å². The number of pyridine rings is 1. The lowest BCUT2D eigenvalue weighted by molar-refractivity contribution is 0.415. The number of ether oxygens (including phenoxy) is 1. The lowest BCUT2D eigenvalue weighted by Gasteiger charge is -2.21. The van der Waals surface area contributed by atoms with E-state index in [0.717, 1.165) is 11.4 Å². The van der Waals surface area contributed by atoms with Crippen molar-refractivity contribution in [1.82, 2.24) is 4.98 Å². The first-order valence-electron chi connectivity index (χ1n) is 5.81. The summed E-state index contributed by atoms with van der Waals surface area (Å²) in [5, 5.41) is 7.43. The molecule has 5 nitrogen and oxygen atoms in total. The highest BCUT2D eigenvalue weighted by Gasteiger charge is 2.11. The second-order valence-electron chi connectivity index (χ2n) is 4.03. The summed E-state index contributed by atoms with van der Waals surface area (Å²) in [4.78, 5) is 6.24. The van der Waals surface area contributed by atoms with Gasteiger partial charge in [-0.1, -0.05) is 18.2 Å². The van der Waals surface area contributed by atoms with Gasteiger partial charge in [0.15, 0.2) is 0 Å². The Labute approximate surface area is 112 Å². The molecule has 0 radical (unpaired) electrons. The first kappa shape index (κ1) is 12.9. The summed E-state index contributed by atoms with van der Waals surface area (Å²) in [6.07, 6.45) is 0. The summed E-state index contributed by atoms with van der Waals surface area (Å²) < 4.78 is 5.33. The van der Waals surface area contributed by atoms with Gasteiger partial charge in [0.25, 0.3) is 0 Å². The number of benzene rings is 1. The highest BCUT2D eigenvalue weighted by atomic mass is 16.5. The summed E-state index contributed by atoms with van der Waals surface area (Å²) in [7, 11) is 3.52. The quantitative estimate of drug-likeness (QED) is 0.649. The Balaban J connectivity index is 2.41. The monoisotopic (exact) mass is 256 g/mol. The number of nitrogens with two attached hydrogens (primary N) is 1. The smallest absolute Gasteiger partial charge is 0.142 e. The van der Waals surface area contributed by atoms with Crippen LogP contribution in [-0.4, -0.2) is 25.0 Å². The van der Waals surface area contributed by atoms with Crippen molar-refractivity contribution in [3.63, 3.8) is 0 Å². The summed E-state index contributed by atoms with van der Waals surface area (Å²) in [6.45, 7) is 0. The van der Waals surface area contributed by atoms with Gasteiger partial charge in [-0.25, -0.2) is 4.98 Å². The number of methoxy groups -OCH3 is 1. The van der Waals surface area contributed by atoms with Gasteiger partial charge in [-0.3, -0.25) is 5.41 Å². The average Bonchev–Trinajstić information content (AvgIpc) is 2.46. The van der Waals surface area contributed by atoms with Gasteiger partial charge in [-0.15, -0.1) is 0 Å². The predicted molar refractivity (Wildman–Crippen MR) is 76.3 cm³/mol. The number of aromatic nitrogens is 1. The van der Waals surface area contributed by atoms with Gasteiger partial charge < -0.3 is 15.4 Å². The molecule has 0 fully saturated rings. The Morgan fingerprint density at radius 2 is 1.95 bits per heavy atom. The Bertz CT molecular complexity index is 598. The SMILES string of the molecule is COc1ccccc1N(C)c1cccc(C(=N)N)n1. The van der Waals surface area contributed by atoms with Gasteiger partial charge in [0.05, 0.1) is 12.8 Å². The van der Waals surface area contributed by atoms with Crippen LogP contribution in [0.2, 0.25) is 0 Å². The number of amidine groups is 1. The van der Waals surface area contributed by atoms with Crippen molar-refractivity contribution in [2.45, 2.75) is 0 Å². The van der Waals surface area contributed by atoms with Crippen molar-refractivity contribution < 1.29 is 4.74 Å². The first-order valence-corrected chi connectivity index (χ1v) is 5.81. The summed E-state index contributed by atoms with van der Waals surface area (Å²) in [5.41, 5.74) is 6.81. The minimum atomic E-state index is -0.0460. The molecule has 0 bridgehead atoms. The van der Waals surface area contributed by atoms with Crippen LogP contribution in [0.3, 0.4) is 0 Å². The van der Waals surface area contributed by atoms with E-state index in [0.29, 0.717) is 11.5 Å². The molecule has 0 spiro atoms. The largest absolute Gasteiger partial charge is 0.495 e. The molecule has 0 saturated heterocycles. The van der Waals surface area contributed by atoms with Crippen LogP contribution in [-0.2, 0) is 0 Å². The standard InChI is InChI=1S/C14H16N4O/c1-18(11-7-3-4-8-12(11)19-2)13-9-5-6-10(17-13)14(15)16/h3-9H,1-2H3,(H3,15,16). The van der Waals surface area contributed by atoms with E-state index < -0.39 is 0 Å². The molecule has 2 aromatic rings. The third-order valence-corrected chi connectivity index (χ3v) is 2.80. The first-order chi connectivity index (χ1) is 9.13. The highest BCUT2D eigenvalue weighted by Crippen LogP contribution is 2.30. The second-order valence-corrected chi connectivity index (χ2v) is 4.03. The van der Waals surface area contributed by atoms with Gasteiger partial charge in [0.2, 0.25) is 0 Å². The number of nitrogens with one attached hydrogen (secondary N) is 1. The number of para-hydroxylation sites is 2. The molecule has 0 unspecified atom stereocenters. The van der Waals surface area contributed by atoms with Gasteiger partial charge in [-0.2, -0.15) is 0 Å². The maximum Gasteiger partial charge on any atom is 0.142 e. The zero-order chi connectivity index (χ0) is 13.8. The van der Waals surface area contributed by atoms with Crippen molar-refractivity contribution >= 4 is 17.3 Å². The zero-order valence-corrected chi connectivity index (χ0v) is 10.9. The van der Waals surface area contributed by atoms with Crippen molar-refractivity contribution in [3.8, 4) is 5.75 Å². The van der Waals surface area contributed by atoms with E-state index in [1.165, 1.54) is 0 Å². The number of nitrogens with zero attached hydrogens (tertiary/aromatic N) is 2. The molecule has 0 atom stereocenters. The van der Waals surface area contributed by atoms with E-state index in [1.54, 1.807) is 13.2 Å². The third-order valence-electron chi connectivity index (χ3n) is 2.80. The topological polar surface area (TPSA) is 75.2 Å². The number of nitrogen functional groups attached to an aromatic ring is 1. The zero-order valence-electron chi connectivity index (χ0n) is 10.9. The van der Waals surface area contributed by atoms with Crippen LogP contribution < -0.4 is 15.4 Å². The second kappa shape index (κ2) is 5.39. The van der Waals surface area contributed by atoms with E-state index in [4.69, 9.17) is 15.9 Å². The van der Waals surface area contributed by atoms with Crippen LogP contribution in [0.4, 0.5) is 11.5 Å². The van der Waals surface area contributed by atoms with Crippen LogP contribution in [0.25, 0.3) is 0 Å². The predicted octanol–water partition coefficient (Wildman–Crippen LogP) is 2.14. The van der Waals surface area contributed by atoms with E-state index in [-0.39, 0.29) is 5.84 Å². The number of anilines is 2. The Morgan fingerprint density at radius 1 is 1.21 bits per heavy atom. The molecule has 3 N–H and O–H groups in total. The van der Waals surface area contributed by atoms with Crippen LogP contribution in [0.1, 0.15) is 5.69 Å². The van der Waals surface area contributed by atoms with Crippen LogP contribution in [0.5, 0.6) is 5.75 Å². The fourth-order valence-electron chi connectivity index (χ4n) is 1.79. The fourth-order valence-corrected chi connectivity index (χ4v) is 1.79. The molecular formula is C14H16N4O. The summed E-state index contributed by atoms with van der Waals surface area (Å²) >= 11 is 0. The minimum Gasteiger partial charge on any atom is -0.495 e. The Morgan fingerprint density at radius 3 is 2.63 bits per heavy atom. The van der Waals surface area contributed by atoms with Crippen molar-refractivity contribution in [1.29, 1.82) is 5.41 Å². The Kier molecular flexibility index (Phi) is 3.66. The maximum absolute atomic E-state index is 7.43. The number of rotatable bonds is 4. The normalized spacial score (nSPS) is 10.0. The molecule has 0 saturated carbocycles. The highest BCUT2D eigenvalue weighted by molar-refractivity contribution is 5.93. The minimum absolute atomic E-state index is 0.0460. The summed E-state index contributed by atoms with van der Waals surface area (Å²) in [6, 6.07) is 13.1. The fraction of sp³-hybridized carbons (Fsp3) is 0.143. The van der Waals surface area contributed by atoms with Crippen LogP contribution in [0, 0.1) is 5.41 Å². The molecule has 19 heavy (non-hydrogen) atoms. The molecule has 0 aliphatic carbocycles. The molecule has 1 aromatic heterocycles. The van der Waals surface area contributed by atoms with Crippen LogP contribution in [0.15, 0.2) is 42.5 Å². The van der Waals surface area contributed by atoms with E-state index in [2.05, 4.69) is 4.98 Å². The van der Waals surface area contributed by atoms with E-state index in [1.807, 2.05) is 48.3 Å². The molecule has 0 aliphatic rings. The maximum atomic E-state index is 7.43. The molecular weight excluding hydrogens is 240 g/mol. The molecule has 1 aromatic carbocycles. The number of hydrogen-bond acceptors (Lipinski definition) is 4. The van der Waals surface area contributed by atoms with Gasteiger partial charge in [0.1, 0.15) is 23.1 Å². The summed E-state index contributed by atoms with van der Waals surface area (Å²) in [5.74, 6) is 1.42. The molecule has 98 valence electrons. The molecule has 0 amide bonds. The van der Waals surface area contributed by atoms with Gasteiger partial charge >= 0.3 is 0 Å². The van der Waals surface area contributed by atoms with Crippen LogP contribution >= 0.6 is 0 Å². The molecule has 5 heteroatoms. The van der Waals surface area contributed by atoms with E-state index in [9.17, 15) is 0 Å². The molecule has 1 heterocycles. The van der Waals surface area contributed by atoms with Crippen molar-refractivity contribution in [2.75, 3.05) is 19.1 Å². The van der Waals surface area contributed by atoms with Crippen molar-refractivity contribution in [3.05, 3.63) is 48.2 Å². The van der Waals surface area contributed by atoms with Crippen molar-refractivity contribution in [2.24, 2.45) is 5.73 Å². The third kappa shape index (κ3) is 2.65. The lowest BCUT2D eigenvalue weighted by atomic mass is 10.2. The number of hydrogen-bond donors (Lipinski definition) is 2. The lowest BCUT2D eigenvalue weighted by Crippen LogP contribution is -2.17. The van der Waals surface area contributed by atoms with Gasteiger partial charge in [-0.05, 0) is 24.3 Å².